The van der Waals surface area contributed by atoms with E-state index in [0.29, 0.717) is 6.61 Å². The van der Waals surface area contributed by atoms with Crippen LogP contribution in [-0.2, 0) is 11.2 Å². The van der Waals surface area contributed by atoms with Crippen LogP contribution < -0.4 is 15.4 Å². The fourth-order valence-electron chi connectivity index (χ4n) is 3.55. The van der Waals surface area contributed by atoms with Crippen molar-refractivity contribution in [1.29, 1.82) is 0 Å². The number of fused-ring (bicyclic) bond motifs is 1. The van der Waals surface area contributed by atoms with Crippen LogP contribution in [0.2, 0.25) is 0 Å². The third kappa shape index (κ3) is 5.64. The second-order valence-electron chi connectivity index (χ2n) is 7.36. The summed E-state index contributed by atoms with van der Waals surface area (Å²) in [6.45, 7) is 0.781. The molecule has 0 aromatic heterocycles. The predicted molar refractivity (Wildman–Crippen MR) is 128 cm³/mol. The molecule has 156 valence electrons. The lowest BCUT2D eigenvalue weighted by atomic mass is 10.1. The number of para-hydroxylation sites is 2. The highest BCUT2D eigenvalue weighted by molar-refractivity contribution is 6.03. The Kier molecular flexibility index (Phi) is 6.81. The summed E-state index contributed by atoms with van der Waals surface area (Å²) in [7, 11) is 0. The van der Waals surface area contributed by atoms with E-state index < -0.39 is 0 Å². The minimum atomic E-state index is -0.102. The van der Waals surface area contributed by atoms with Crippen LogP contribution in [0.4, 0.5) is 11.4 Å². The quantitative estimate of drug-likeness (QED) is 0.338. The number of carbonyl (C=O) groups excluding carboxylic acids is 1. The molecule has 4 aromatic carbocycles. The molecule has 31 heavy (non-hydrogen) atoms. The van der Waals surface area contributed by atoms with Crippen molar-refractivity contribution >= 4 is 28.1 Å². The number of hydrogen-bond donors (Lipinski definition) is 2. The SMILES string of the molecule is O=C(CNc1ccccc1OCCCc1ccccc1)Nc1cccc2ccccc12. The molecule has 0 aliphatic heterocycles. The molecule has 0 saturated carbocycles. The summed E-state index contributed by atoms with van der Waals surface area (Å²) < 4.78 is 5.97. The van der Waals surface area contributed by atoms with Gasteiger partial charge in [-0.25, -0.2) is 0 Å². The number of amides is 1. The second-order valence-corrected chi connectivity index (χ2v) is 7.36. The Morgan fingerprint density at radius 3 is 2.35 bits per heavy atom. The summed E-state index contributed by atoms with van der Waals surface area (Å²) in [4.78, 5) is 12.5. The highest BCUT2D eigenvalue weighted by Gasteiger charge is 2.08. The minimum absolute atomic E-state index is 0.102. The molecule has 4 rings (SSSR count). The number of nitrogens with one attached hydrogen (secondary N) is 2. The largest absolute Gasteiger partial charge is 0.491 e. The van der Waals surface area contributed by atoms with Crippen LogP contribution >= 0.6 is 0 Å². The van der Waals surface area contributed by atoms with Gasteiger partial charge in [-0.05, 0) is 42.0 Å². The zero-order valence-electron chi connectivity index (χ0n) is 17.4. The van der Waals surface area contributed by atoms with Crippen molar-refractivity contribution in [1.82, 2.24) is 0 Å². The van der Waals surface area contributed by atoms with E-state index in [4.69, 9.17) is 4.74 Å². The van der Waals surface area contributed by atoms with Gasteiger partial charge in [0.1, 0.15) is 5.75 Å². The average Bonchev–Trinajstić information content (AvgIpc) is 2.82. The molecule has 0 radical (unpaired) electrons. The first-order valence-electron chi connectivity index (χ1n) is 10.6. The van der Waals surface area contributed by atoms with Crippen molar-refractivity contribution in [3.8, 4) is 5.75 Å². The molecular weight excluding hydrogens is 384 g/mol. The van der Waals surface area contributed by atoms with Crippen LogP contribution in [0.5, 0.6) is 5.75 Å². The lowest BCUT2D eigenvalue weighted by Gasteiger charge is -2.14. The van der Waals surface area contributed by atoms with Gasteiger partial charge in [0.2, 0.25) is 5.91 Å². The maximum Gasteiger partial charge on any atom is 0.243 e. The van der Waals surface area contributed by atoms with Crippen LogP contribution in [0.3, 0.4) is 0 Å². The van der Waals surface area contributed by atoms with Crippen molar-refractivity contribution in [2.45, 2.75) is 12.8 Å². The van der Waals surface area contributed by atoms with Crippen molar-refractivity contribution in [3.05, 3.63) is 103 Å². The molecule has 4 heteroatoms. The van der Waals surface area contributed by atoms with Crippen LogP contribution in [0, 0.1) is 0 Å². The number of rotatable bonds is 9. The molecule has 0 saturated heterocycles. The van der Waals surface area contributed by atoms with Crippen molar-refractivity contribution < 1.29 is 9.53 Å². The molecule has 0 fully saturated rings. The first-order valence-corrected chi connectivity index (χ1v) is 10.6. The molecular formula is C27H26N2O2. The zero-order valence-corrected chi connectivity index (χ0v) is 17.4. The molecule has 0 atom stereocenters. The Balaban J connectivity index is 1.30. The Morgan fingerprint density at radius 1 is 0.742 bits per heavy atom. The van der Waals surface area contributed by atoms with Gasteiger partial charge in [0.15, 0.2) is 0 Å². The van der Waals surface area contributed by atoms with Crippen LogP contribution in [-0.4, -0.2) is 19.1 Å². The number of hydrogen-bond acceptors (Lipinski definition) is 3. The van der Waals surface area contributed by atoms with Gasteiger partial charge >= 0.3 is 0 Å². The summed E-state index contributed by atoms with van der Waals surface area (Å²) in [6, 6.07) is 32.0. The van der Waals surface area contributed by atoms with Crippen molar-refractivity contribution in [2.75, 3.05) is 23.8 Å². The summed E-state index contributed by atoms with van der Waals surface area (Å²) in [5, 5.41) is 8.33. The zero-order chi connectivity index (χ0) is 21.3. The Labute approximate surface area is 182 Å². The number of anilines is 2. The van der Waals surface area contributed by atoms with Gasteiger partial charge in [0.05, 0.1) is 18.8 Å². The molecule has 0 aliphatic carbocycles. The van der Waals surface area contributed by atoms with Gasteiger partial charge < -0.3 is 15.4 Å². The van der Waals surface area contributed by atoms with Crippen LogP contribution in [0.1, 0.15) is 12.0 Å². The summed E-state index contributed by atoms with van der Waals surface area (Å²) in [5.74, 6) is 0.656. The van der Waals surface area contributed by atoms with E-state index in [1.165, 1.54) is 5.56 Å². The van der Waals surface area contributed by atoms with Gasteiger partial charge in [0.25, 0.3) is 0 Å². The predicted octanol–water partition coefficient (Wildman–Crippen LogP) is 5.90. The van der Waals surface area contributed by atoms with E-state index in [1.807, 2.05) is 72.8 Å². The number of benzene rings is 4. The van der Waals surface area contributed by atoms with Crippen molar-refractivity contribution in [2.24, 2.45) is 0 Å². The molecule has 0 unspecified atom stereocenters. The number of ether oxygens (including phenoxy) is 1. The summed E-state index contributed by atoms with van der Waals surface area (Å²) >= 11 is 0. The van der Waals surface area contributed by atoms with Crippen LogP contribution in [0.15, 0.2) is 97.1 Å². The molecule has 0 spiro atoms. The molecule has 4 nitrogen and oxygen atoms in total. The normalized spacial score (nSPS) is 10.6. The molecule has 0 aliphatic rings. The first kappa shape index (κ1) is 20.5. The Hall–Kier alpha value is -3.79. The lowest BCUT2D eigenvalue weighted by molar-refractivity contribution is -0.114. The maximum absolute atomic E-state index is 12.5. The van der Waals surface area contributed by atoms with E-state index in [2.05, 4.69) is 34.9 Å². The average molecular weight is 411 g/mol. The highest BCUT2D eigenvalue weighted by Crippen LogP contribution is 2.25. The third-order valence-electron chi connectivity index (χ3n) is 5.10. The topological polar surface area (TPSA) is 50.4 Å². The highest BCUT2D eigenvalue weighted by atomic mass is 16.5. The molecule has 4 aromatic rings. The van der Waals surface area contributed by atoms with Gasteiger partial charge in [-0.15, -0.1) is 0 Å². The van der Waals surface area contributed by atoms with E-state index in [9.17, 15) is 4.79 Å². The smallest absolute Gasteiger partial charge is 0.243 e. The first-order chi connectivity index (χ1) is 15.3. The fourth-order valence-corrected chi connectivity index (χ4v) is 3.55. The van der Waals surface area contributed by atoms with E-state index in [0.717, 1.165) is 40.7 Å². The standard InChI is InChI=1S/C27H26N2O2/c30-27(29-24-17-8-14-22-13-4-5-15-23(22)24)20-28-25-16-6-7-18-26(25)31-19-9-12-21-10-2-1-3-11-21/h1-8,10-11,13-18,28H,9,12,19-20H2,(H,29,30). The van der Waals surface area contributed by atoms with Gasteiger partial charge in [-0.2, -0.15) is 0 Å². The monoisotopic (exact) mass is 410 g/mol. The summed E-state index contributed by atoms with van der Waals surface area (Å²) in [5.41, 5.74) is 2.94. The Morgan fingerprint density at radius 2 is 1.45 bits per heavy atom. The minimum Gasteiger partial charge on any atom is -0.491 e. The third-order valence-corrected chi connectivity index (χ3v) is 5.10. The molecule has 2 N–H and O–H groups in total. The van der Waals surface area contributed by atoms with Gasteiger partial charge in [-0.3, -0.25) is 4.79 Å². The number of aryl methyl sites for hydroxylation is 1. The fraction of sp³-hybridized carbons (Fsp3) is 0.148. The summed E-state index contributed by atoms with van der Waals surface area (Å²) in [6.07, 6.45) is 1.91. The van der Waals surface area contributed by atoms with Gasteiger partial charge in [-0.1, -0.05) is 78.9 Å². The van der Waals surface area contributed by atoms with Gasteiger partial charge in [0, 0.05) is 11.1 Å². The maximum atomic E-state index is 12.5. The molecule has 0 heterocycles. The second kappa shape index (κ2) is 10.3. The Bertz CT molecular complexity index is 1140. The molecule has 1 amide bonds. The number of carbonyl (C=O) groups is 1. The van der Waals surface area contributed by atoms with Crippen molar-refractivity contribution in [3.63, 3.8) is 0 Å². The van der Waals surface area contributed by atoms with Crippen LogP contribution in [0.25, 0.3) is 10.8 Å². The van der Waals surface area contributed by atoms with E-state index >= 15 is 0 Å². The van der Waals surface area contributed by atoms with E-state index in [-0.39, 0.29) is 12.5 Å². The van der Waals surface area contributed by atoms with E-state index in [1.54, 1.807) is 0 Å². The lowest BCUT2D eigenvalue weighted by Crippen LogP contribution is -2.22. The molecule has 0 bridgehead atoms.